The predicted octanol–water partition coefficient (Wildman–Crippen LogP) is 2.97. The van der Waals surface area contributed by atoms with E-state index in [9.17, 15) is 4.79 Å². The number of nitrogens with one attached hydrogen (secondary N) is 1. The third-order valence-corrected chi connectivity index (χ3v) is 7.56. The van der Waals surface area contributed by atoms with E-state index in [1.807, 2.05) is 30.0 Å². The Morgan fingerprint density at radius 1 is 1.10 bits per heavy atom. The molecule has 2 aromatic rings. The third-order valence-electron chi connectivity index (χ3n) is 6.17. The Morgan fingerprint density at radius 3 is 2.52 bits per heavy atom. The van der Waals surface area contributed by atoms with Crippen molar-refractivity contribution in [2.45, 2.75) is 36.7 Å². The van der Waals surface area contributed by atoms with Crippen LogP contribution in [0.15, 0.2) is 23.0 Å². The molecule has 0 bridgehead atoms. The zero-order valence-electron chi connectivity index (χ0n) is 17.5. The standard InChI is InChI=1S/C22H32N4O2S/c1-25-9-5-16(6-10-25)14-28-17-3-4-19-20(13-17)23-21(24-22(19)27)15-29-18-7-11-26(2)12-8-18/h3-4,13,16,18H,5-12,14-15H2,1-2H3,(H,23,24,27). The molecule has 0 radical (unpaired) electrons. The van der Waals surface area contributed by atoms with Gasteiger partial charge >= 0.3 is 0 Å². The van der Waals surface area contributed by atoms with Crippen molar-refractivity contribution in [2.75, 3.05) is 46.9 Å². The van der Waals surface area contributed by atoms with Gasteiger partial charge in [-0.25, -0.2) is 4.98 Å². The lowest BCUT2D eigenvalue weighted by atomic mass is 9.98. The zero-order valence-corrected chi connectivity index (χ0v) is 18.3. The smallest absolute Gasteiger partial charge is 0.258 e. The number of thioether (sulfide) groups is 1. The number of aromatic amines is 1. The van der Waals surface area contributed by atoms with Crippen LogP contribution in [0.25, 0.3) is 10.9 Å². The van der Waals surface area contributed by atoms with Crippen LogP contribution in [0.4, 0.5) is 0 Å². The van der Waals surface area contributed by atoms with Gasteiger partial charge in [0.05, 0.1) is 23.3 Å². The summed E-state index contributed by atoms with van der Waals surface area (Å²) in [5.41, 5.74) is 0.671. The summed E-state index contributed by atoms with van der Waals surface area (Å²) in [5, 5.41) is 1.28. The van der Waals surface area contributed by atoms with Gasteiger partial charge in [0.2, 0.25) is 0 Å². The van der Waals surface area contributed by atoms with Crippen molar-refractivity contribution in [3.63, 3.8) is 0 Å². The van der Waals surface area contributed by atoms with Gasteiger partial charge in [0.25, 0.3) is 5.56 Å². The number of likely N-dealkylation sites (tertiary alicyclic amines) is 2. The first-order valence-electron chi connectivity index (χ1n) is 10.7. The predicted molar refractivity (Wildman–Crippen MR) is 120 cm³/mol. The van der Waals surface area contributed by atoms with Crippen molar-refractivity contribution in [1.82, 2.24) is 19.8 Å². The normalized spacial score (nSPS) is 20.3. The highest BCUT2D eigenvalue weighted by Gasteiger charge is 2.19. The fraction of sp³-hybridized carbons (Fsp3) is 0.636. The number of rotatable bonds is 6. The Labute approximate surface area is 177 Å². The Bertz CT molecular complexity index is 865. The molecule has 2 aliphatic rings. The molecule has 3 heterocycles. The SMILES string of the molecule is CN1CCC(COc2ccc3c(=O)[nH]c(CSC4CCN(C)CC4)nc3c2)CC1. The molecule has 4 rings (SSSR count). The van der Waals surface area contributed by atoms with Crippen molar-refractivity contribution in [3.8, 4) is 5.75 Å². The molecule has 1 aromatic heterocycles. The fourth-order valence-corrected chi connectivity index (χ4v) is 5.19. The highest BCUT2D eigenvalue weighted by molar-refractivity contribution is 7.99. The Balaban J connectivity index is 1.39. The topological polar surface area (TPSA) is 61.5 Å². The average molecular weight is 417 g/mol. The molecule has 7 heteroatoms. The molecule has 0 spiro atoms. The van der Waals surface area contributed by atoms with Crippen LogP contribution >= 0.6 is 11.8 Å². The van der Waals surface area contributed by atoms with E-state index >= 15 is 0 Å². The minimum Gasteiger partial charge on any atom is -0.493 e. The number of benzene rings is 1. The molecular weight excluding hydrogens is 384 g/mol. The van der Waals surface area contributed by atoms with E-state index in [2.05, 4.69) is 28.9 Å². The Kier molecular flexibility index (Phi) is 6.77. The van der Waals surface area contributed by atoms with Gasteiger partial charge in [0.1, 0.15) is 11.6 Å². The number of hydrogen-bond acceptors (Lipinski definition) is 6. The average Bonchev–Trinajstić information content (AvgIpc) is 2.73. The number of piperidine rings is 2. The summed E-state index contributed by atoms with van der Waals surface area (Å²) in [6, 6.07) is 5.64. The summed E-state index contributed by atoms with van der Waals surface area (Å²) < 4.78 is 6.05. The van der Waals surface area contributed by atoms with Gasteiger partial charge in [-0.15, -0.1) is 0 Å². The van der Waals surface area contributed by atoms with Gasteiger partial charge in [-0.1, -0.05) is 0 Å². The highest BCUT2D eigenvalue weighted by Crippen LogP contribution is 2.26. The molecule has 0 unspecified atom stereocenters. The fourth-order valence-electron chi connectivity index (χ4n) is 4.12. The first-order chi connectivity index (χ1) is 14.1. The van der Waals surface area contributed by atoms with Crippen LogP contribution in [0.3, 0.4) is 0 Å². The molecule has 0 atom stereocenters. The molecule has 0 amide bonds. The second-order valence-corrected chi connectivity index (χ2v) is 9.85. The van der Waals surface area contributed by atoms with E-state index in [1.54, 1.807) is 0 Å². The number of ether oxygens (including phenoxy) is 1. The van der Waals surface area contributed by atoms with E-state index in [4.69, 9.17) is 9.72 Å². The summed E-state index contributed by atoms with van der Waals surface area (Å²) in [7, 11) is 4.35. The number of aromatic nitrogens is 2. The monoisotopic (exact) mass is 416 g/mol. The highest BCUT2D eigenvalue weighted by atomic mass is 32.2. The van der Waals surface area contributed by atoms with Gasteiger partial charge in [0, 0.05) is 11.3 Å². The van der Waals surface area contributed by atoms with Crippen molar-refractivity contribution in [3.05, 3.63) is 34.4 Å². The van der Waals surface area contributed by atoms with E-state index in [1.165, 1.54) is 25.7 Å². The molecule has 2 fully saturated rings. The van der Waals surface area contributed by atoms with Crippen molar-refractivity contribution in [1.29, 1.82) is 0 Å². The Hall–Kier alpha value is -1.57. The quantitative estimate of drug-likeness (QED) is 0.781. The minimum absolute atomic E-state index is 0.0594. The molecule has 6 nitrogen and oxygen atoms in total. The summed E-state index contributed by atoms with van der Waals surface area (Å²) in [6.07, 6.45) is 4.77. The molecule has 0 aliphatic carbocycles. The second kappa shape index (κ2) is 9.49. The maximum absolute atomic E-state index is 12.5. The van der Waals surface area contributed by atoms with Gasteiger partial charge in [-0.05, 0) is 84.0 Å². The first kappa shape index (κ1) is 20.7. The van der Waals surface area contributed by atoms with E-state index in [-0.39, 0.29) is 5.56 Å². The van der Waals surface area contributed by atoms with Crippen LogP contribution in [0.5, 0.6) is 5.75 Å². The molecule has 158 valence electrons. The maximum atomic E-state index is 12.5. The lowest BCUT2D eigenvalue weighted by Gasteiger charge is -2.28. The summed E-state index contributed by atoms with van der Waals surface area (Å²) in [4.78, 5) is 24.9. The zero-order chi connectivity index (χ0) is 20.2. The number of fused-ring (bicyclic) bond motifs is 1. The van der Waals surface area contributed by atoms with Crippen molar-refractivity contribution < 1.29 is 4.74 Å². The van der Waals surface area contributed by atoms with E-state index in [0.29, 0.717) is 16.6 Å². The van der Waals surface area contributed by atoms with Crippen LogP contribution < -0.4 is 10.3 Å². The summed E-state index contributed by atoms with van der Waals surface area (Å²) in [6.45, 7) is 5.32. The molecule has 2 saturated heterocycles. The third kappa shape index (κ3) is 5.53. The van der Waals surface area contributed by atoms with Crippen molar-refractivity contribution >= 4 is 22.7 Å². The minimum atomic E-state index is -0.0594. The van der Waals surface area contributed by atoms with E-state index in [0.717, 1.165) is 55.6 Å². The number of H-pyrrole nitrogens is 1. The van der Waals surface area contributed by atoms with Crippen molar-refractivity contribution in [2.24, 2.45) is 5.92 Å². The van der Waals surface area contributed by atoms with Gasteiger partial charge < -0.3 is 19.5 Å². The lowest BCUT2D eigenvalue weighted by Crippen LogP contribution is -2.32. The molecule has 29 heavy (non-hydrogen) atoms. The Morgan fingerprint density at radius 2 is 1.79 bits per heavy atom. The van der Waals surface area contributed by atoms with Gasteiger partial charge in [-0.3, -0.25) is 4.79 Å². The lowest BCUT2D eigenvalue weighted by molar-refractivity contribution is 0.160. The molecule has 2 aliphatic heterocycles. The number of nitrogens with zero attached hydrogens (tertiary/aromatic N) is 3. The van der Waals surface area contributed by atoms with Crippen LogP contribution in [0.1, 0.15) is 31.5 Å². The first-order valence-corrected chi connectivity index (χ1v) is 11.8. The van der Waals surface area contributed by atoms with Crippen LogP contribution in [-0.4, -0.2) is 71.9 Å². The van der Waals surface area contributed by atoms with Gasteiger partial charge in [-0.2, -0.15) is 11.8 Å². The van der Waals surface area contributed by atoms with Gasteiger partial charge in [0.15, 0.2) is 0 Å². The van der Waals surface area contributed by atoms with Crippen LogP contribution in [0.2, 0.25) is 0 Å². The number of hydrogen-bond donors (Lipinski definition) is 1. The van der Waals surface area contributed by atoms with Crippen LogP contribution in [0, 0.1) is 5.92 Å². The molecule has 1 aromatic carbocycles. The maximum Gasteiger partial charge on any atom is 0.258 e. The molecule has 1 N–H and O–H groups in total. The molecule has 0 saturated carbocycles. The summed E-state index contributed by atoms with van der Waals surface area (Å²) >= 11 is 1.91. The largest absolute Gasteiger partial charge is 0.493 e. The summed E-state index contributed by atoms with van der Waals surface area (Å²) in [5.74, 6) is 2.93. The van der Waals surface area contributed by atoms with Crippen LogP contribution in [-0.2, 0) is 5.75 Å². The van der Waals surface area contributed by atoms with E-state index < -0.39 is 0 Å². The second-order valence-electron chi connectivity index (χ2n) is 8.56. The molecular formula is C22H32N4O2S.